The topological polar surface area (TPSA) is 26.5 Å². The summed E-state index contributed by atoms with van der Waals surface area (Å²) < 4.78 is 7.41. The van der Waals surface area contributed by atoms with E-state index in [0.717, 1.165) is 23.5 Å². The van der Waals surface area contributed by atoms with Crippen molar-refractivity contribution in [3.8, 4) is 5.75 Å². The molecule has 0 fully saturated rings. The Hall–Kier alpha value is -1.51. The molecule has 0 aliphatic heterocycles. The van der Waals surface area contributed by atoms with Gasteiger partial charge in [-0.05, 0) is 17.5 Å². The number of nitrogens with zero attached hydrogens (tertiary/aromatic N) is 2. The number of methoxy groups -OCH3 is 1. The van der Waals surface area contributed by atoms with E-state index in [1.807, 2.05) is 24.5 Å². The van der Waals surface area contributed by atoms with E-state index in [2.05, 4.69) is 30.2 Å². The Kier molecular flexibility index (Phi) is 2.62. The van der Waals surface area contributed by atoms with Crippen molar-refractivity contribution >= 4 is 5.52 Å². The van der Waals surface area contributed by atoms with Crippen LogP contribution in [0.25, 0.3) is 5.52 Å². The van der Waals surface area contributed by atoms with Crippen LogP contribution in [0.2, 0.25) is 0 Å². The second-order valence-corrected chi connectivity index (χ2v) is 5.24. The lowest BCUT2D eigenvalue weighted by atomic mass is 9.92. The van der Waals surface area contributed by atoms with Crippen LogP contribution in [0.1, 0.15) is 26.6 Å². The molecule has 2 rings (SSSR count). The highest BCUT2D eigenvalue weighted by Crippen LogP contribution is 2.24. The Balaban J connectivity index is 2.49. The summed E-state index contributed by atoms with van der Waals surface area (Å²) in [4.78, 5) is 4.47. The van der Waals surface area contributed by atoms with Crippen molar-refractivity contribution in [1.29, 1.82) is 0 Å². The van der Waals surface area contributed by atoms with Crippen molar-refractivity contribution in [3.63, 3.8) is 0 Å². The molecule has 2 aromatic heterocycles. The minimum Gasteiger partial charge on any atom is -0.494 e. The van der Waals surface area contributed by atoms with E-state index in [1.54, 1.807) is 7.11 Å². The third kappa shape index (κ3) is 2.03. The first-order chi connectivity index (χ1) is 7.51. The van der Waals surface area contributed by atoms with Gasteiger partial charge in [0.2, 0.25) is 0 Å². The van der Waals surface area contributed by atoms with E-state index >= 15 is 0 Å². The summed E-state index contributed by atoms with van der Waals surface area (Å²) in [6, 6.07) is 3.94. The summed E-state index contributed by atoms with van der Waals surface area (Å²) in [5.74, 6) is 1.96. The Morgan fingerprint density at radius 1 is 1.38 bits per heavy atom. The molecule has 0 amide bonds. The van der Waals surface area contributed by atoms with Gasteiger partial charge in [0.05, 0.1) is 13.3 Å². The summed E-state index contributed by atoms with van der Waals surface area (Å²) in [6.45, 7) is 6.65. The van der Waals surface area contributed by atoms with Gasteiger partial charge in [-0.2, -0.15) is 0 Å². The van der Waals surface area contributed by atoms with Crippen LogP contribution in [0, 0.1) is 5.41 Å². The van der Waals surface area contributed by atoms with E-state index in [0.29, 0.717) is 0 Å². The van der Waals surface area contributed by atoms with Crippen molar-refractivity contribution in [1.82, 2.24) is 9.38 Å². The fraction of sp³-hybridized carbons (Fsp3) is 0.462. The fourth-order valence-electron chi connectivity index (χ4n) is 1.83. The highest BCUT2D eigenvalue weighted by atomic mass is 16.5. The molecular formula is C13H18N2O. The zero-order chi connectivity index (χ0) is 11.8. The average Bonchev–Trinajstić information content (AvgIpc) is 2.59. The van der Waals surface area contributed by atoms with Crippen LogP contribution in [0.3, 0.4) is 0 Å². The van der Waals surface area contributed by atoms with Crippen LogP contribution in [-0.2, 0) is 6.42 Å². The molecule has 0 atom stereocenters. The Morgan fingerprint density at radius 3 is 2.75 bits per heavy atom. The molecule has 2 heterocycles. The zero-order valence-electron chi connectivity index (χ0n) is 10.3. The molecule has 0 saturated heterocycles. The molecular weight excluding hydrogens is 200 g/mol. The van der Waals surface area contributed by atoms with Gasteiger partial charge in [0.15, 0.2) is 0 Å². The minimum absolute atomic E-state index is 0.240. The molecule has 2 aromatic rings. The van der Waals surface area contributed by atoms with Crippen LogP contribution >= 0.6 is 0 Å². The number of hydrogen-bond donors (Lipinski definition) is 0. The quantitative estimate of drug-likeness (QED) is 0.774. The normalized spacial score (nSPS) is 12.0. The zero-order valence-corrected chi connectivity index (χ0v) is 10.3. The average molecular weight is 218 g/mol. The standard InChI is InChI=1S/C13H18N2O/c1-13(2,3)8-12-14-9-10-11(16-4)6-5-7-15(10)12/h5-7,9H,8H2,1-4H3. The highest BCUT2D eigenvalue weighted by Gasteiger charge is 2.15. The first-order valence-corrected chi connectivity index (χ1v) is 5.50. The van der Waals surface area contributed by atoms with Crippen molar-refractivity contribution in [2.24, 2.45) is 5.41 Å². The number of fused-ring (bicyclic) bond motifs is 1. The largest absolute Gasteiger partial charge is 0.494 e. The van der Waals surface area contributed by atoms with Crippen LogP contribution in [-0.4, -0.2) is 16.5 Å². The maximum Gasteiger partial charge on any atom is 0.144 e. The van der Waals surface area contributed by atoms with Crippen molar-refractivity contribution in [2.45, 2.75) is 27.2 Å². The van der Waals surface area contributed by atoms with Crippen LogP contribution in [0.5, 0.6) is 5.75 Å². The molecule has 0 N–H and O–H groups in total. The molecule has 0 bridgehead atoms. The van der Waals surface area contributed by atoms with Gasteiger partial charge in [0.1, 0.15) is 17.1 Å². The third-order valence-electron chi connectivity index (χ3n) is 2.52. The molecule has 0 spiro atoms. The van der Waals surface area contributed by atoms with Gasteiger partial charge < -0.3 is 9.14 Å². The van der Waals surface area contributed by atoms with E-state index in [1.165, 1.54) is 0 Å². The Morgan fingerprint density at radius 2 is 2.12 bits per heavy atom. The SMILES string of the molecule is COc1cccn2c(CC(C)(C)C)ncc12. The van der Waals surface area contributed by atoms with E-state index in [9.17, 15) is 0 Å². The number of rotatable bonds is 2. The first-order valence-electron chi connectivity index (χ1n) is 5.50. The van der Waals surface area contributed by atoms with E-state index in [-0.39, 0.29) is 5.41 Å². The smallest absolute Gasteiger partial charge is 0.144 e. The third-order valence-corrected chi connectivity index (χ3v) is 2.52. The Labute approximate surface area is 96.1 Å². The first kappa shape index (κ1) is 11.0. The lowest BCUT2D eigenvalue weighted by molar-refractivity contribution is 0.398. The summed E-state index contributed by atoms with van der Waals surface area (Å²) in [7, 11) is 1.69. The van der Waals surface area contributed by atoms with Crippen molar-refractivity contribution in [2.75, 3.05) is 7.11 Å². The minimum atomic E-state index is 0.240. The van der Waals surface area contributed by atoms with Crippen LogP contribution in [0.4, 0.5) is 0 Å². The van der Waals surface area contributed by atoms with Gasteiger partial charge in [-0.15, -0.1) is 0 Å². The lowest BCUT2D eigenvalue weighted by Crippen LogP contribution is -2.11. The molecule has 0 unspecified atom stereocenters. The molecule has 0 aliphatic rings. The van der Waals surface area contributed by atoms with Gasteiger partial charge in [0.25, 0.3) is 0 Å². The fourth-order valence-corrected chi connectivity index (χ4v) is 1.83. The van der Waals surface area contributed by atoms with E-state index in [4.69, 9.17) is 4.74 Å². The van der Waals surface area contributed by atoms with Gasteiger partial charge in [0, 0.05) is 12.6 Å². The summed E-state index contributed by atoms with van der Waals surface area (Å²) in [6.07, 6.45) is 4.86. The second-order valence-electron chi connectivity index (χ2n) is 5.24. The maximum atomic E-state index is 5.31. The van der Waals surface area contributed by atoms with Crippen molar-refractivity contribution < 1.29 is 4.74 Å². The summed E-state index contributed by atoms with van der Waals surface area (Å²) in [5.41, 5.74) is 1.27. The highest BCUT2D eigenvalue weighted by molar-refractivity contribution is 5.59. The second kappa shape index (κ2) is 3.81. The number of imidazole rings is 1. The van der Waals surface area contributed by atoms with Crippen LogP contribution < -0.4 is 4.74 Å². The predicted molar refractivity (Wildman–Crippen MR) is 64.9 cm³/mol. The molecule has 3 nitrogen and oxygen atoms in total. The molecule has 86 valence electrons. The van der Waals surface area contributed by atoms with Gasteiger partial charge >= 0.3 is 0 Å². The number of hydrogen-bond acceptors (Lipinski definition) is 2. The van der Waals surface area contributed by atoms with Gasteiger partial charge in [-0.25, -0.2) is 4.98 Å². The lowest BCUT2D eigenvalue weighted by Gasteiger charge is -2.16. The van der Waals surface area contributed by atoms with E-state index < -0.39 is 0 Å². The molecule has 0 aliphatic carbocycles. The molecule has 0 aromatic carbocycles. The van der Waals surface area contributed by atoms with Gasteiger partial charge in [-0.3, -0.25) is 0 Å². The molecule has 3 heteroatoms. The maximum absolute atomic E-state index is 5.31. The summed E-state index contributed by atoms with van der Waals surface area (Å²) in [5, 5.41) is 0. The monoisotopic (exact) mass is 218 g/mol. The predicted octanol–water partition coefficient (Wildman–Crippen LogP) is 2.93. The number of pyridine rings is 1. The van der Waals surface area contributed by atoms with Gasteiger partial charge in [-0.1, -0.05) is 20.8 Å². The summed E-state index contributed by atoms with van der Waals surface area (Å²) >= 11 is 0. The Bertz CT molecular complexity index is 494. The number of aromatic nitrogens is 2. The molecule has 0 radical (unpaired) electrons. The van der Waals surface area contributed by atoms with Crippen molar-refractivity contribution in [3.05, 3.63) is 30.4 Å². The number of ether oxygens (including phenoxy) is 1. The molecule has 0 saturated carbocycles. The molecule has 16 heavy (non-hydrogen) atoms. The van der Waals surface area contributed by atoms with Crippen LogP contribution in [0.15, 0.2) is 24.5 Å².